The fourth-order valence-corrected chi connectivity index (χ4v) is 36.8. The monoisotopic (exact) mass is 1100 g/mol. The summed E-state index contributed by atoms with van der Waals surface area (Å²) >= 11 is 0. The zero-order chi connectivity index (χ0) is 53.3. The molecule has 0 aromatic carbocycles. The van der Waals surface area contributed by atoms with E-state index in [1.807, 2.05) is 0 Å². The topological polar surface area (TPSA) is 0 Å². The van der Waals surface area contributed by atoms with Crippen LogP contribution in [0.2, 0.25) is 0 Å². The Hall–Kier alpha value is 0. The Balaban J connectivity index is 0.0000000717. The lowest BCUT2D eigenvalue weighted by atomic mass is 9.55. The van der Waals surface area contributed by atoms with E-state index in [-0.39, 0.29) is 0 Å². The van der Waals surface area contributed by atoms with Gasteiger partial charge in [0, 0.05) is 0 Å². The van der Waals surface area contributed by atoms with Crippen molar-refractivity contribution in [3.05, 3.63) is 0 Å². The van der Waals surface area contributed by atoms with Gasteiger partial charge in [-0.3, -0.25) is 0 Å². The maximum atomic E-state index is 2.57. The fraction of sp³-hybridized carbons (Fsp3) is 1.00. The Morgan fingerprint density at radius 2 is 0.481 bits per heavy atom. The Morgan fingerprint density at radius 3 is 0.951 bits per heavy atom. The molecule has 0 amide bonds. The molecule has 44 unspecified atom stereocenters. The molecule has 25 aliphatic rings. The molecule has 22 bridgehead atoms. The highest BCUT2D eigenvalue weighted by Crippen LogP contribution is 2.79. The molecule has 25 fully saturated rings. The van der Waals surface area contributed by atoms with Gasteiger partial charge in [-0.25, -0.2) is 0 Å². The van der Waals surface area contributed by atoms with Crippen molar-refractivity contribution in [1.82, 2.24) is 0 Å². The van der Waals surface area contributed by atoms with Gasteiger partial charge in [0.05, 0.1) is 0 Å². The minimum absolute atomic E-state index is 1.08. The van der Waals surface area contributed by atoms with Crippen molar-refractivity contribution in [2.75, 3.05) is 0 Å². The molecule has 0 N–H and O–H groups in total. The van der Waals surface area contributed by atoms with Crippen LogP contribution in [0.4, 0.5) is 0 Å². The summed E-state index contributed by atoms with van der Waals surface area (Å²) in [5.41, 5.74) is 0. The standard InChI is InChI=1S/C18H26.C16H24.C15H22.C13H20.C11H18.C8H14/c1-8-4-11-6-12(8)18-14-7-13(17(11)18)15-9-2-3-10(5-9)16(14)15;1-8-5-9-6-12(8)16-14-7-13(15(9)16)10-3-2-4-11(10)14;1-7-4-8-5-11(7)15-13-6-12(14(8)15)9-2-3-10(9)13;1-7-4-10-6-11(7)13-9-3-2-8(5-9)12(10)13;1-7-5-8-6-11(7)10-4-2-3-9(8)10;1-6-4-7-2-3-8(6)5-7/h8-18H,2-7H2,1H3;8-16H,2-7H2,1H3;7-15H,2-6H2,1H3;7-13H,2-6H2,1H3;7-11H,2-6H2,1H3;6-8H,2-5H2,1H3. The molecule has 0 aromatic rings. The first-order valence-corrected chi connectivity index (χ1v) is 39.6. The molecular weight excluding hydrogens is 973 g/mol. The quantitative estimate of drug-likeness (QED) is 0.212. The number of hydrogen-bond acceptors (Lipinski definition) is 0. The molecule has 448 valence electrons. The van der Waals surface area contributed by atoms with Crippen molar-refractivity contribution in [1.29, 1.82) is 0 Å². The van der Waals surface area contributed by atoms with E-state index in [0.717, 1.165) is 53.3 Å². The molecule has 25 rings (SSSR count). The molecule has 0 heterocycles. The van der Waals surface area contributed by atoms with Crippen molar-refractivity contribution < 1.29 is 0 Å². The van der Waals surface area contributed by atoms with Crippen molar-refractivity contribution in [2.24, 2.45) is 260 Å². The van der Waals surface area contributed by atoms with Crippen LogP contribution in [0, 0.1) is 260 Å². The van der Waals surface area contributed by atoms with Gasteiger partial charge in [0.2, 0.25) is 0 Å². The highest BCUT2D eigenvalue weighted by atomic mass is 14.8. The molecule has 0 aromatic heterocycles. The molecule has 44 atom stereocenters. The minimum atomic E-state index is 1.08. The molecule has 0 heteroatoms. The van der Waals surface area contributed by atoms with Crippen molar-refractivity contribution in [3.8, 4) is 0 Å². The first-order chi connectivity index (χ1) is 39.6. The third-order valence-electron chi connectivity index (χ3n) is 38.2. The molecule has 25 saturated carbocycles. The first-order valence-electron chi connectivity index (χ1n) is 39.6. The van der Waals surface area contributed by atoms with E-state index in [0.29, 0.717) is 0 Å². The Labute approximate surface area is 498 Å². The van der Waals surface area contributed by atoms with Gasteiger partial charge in [-0.05, 0) is 440 Å². The second kappa shape index (κ2) is 18.8. The second-order valence-corrected chi connectivity index (χ2v) is 39.6. The summed E-state index contributed by atoms with van der Waals surface area (Å²) in [6.07, 6.45) is 49.9. The van der Waals surface area contributed by atoms with Gasteiger partial charge in [0.25, 0.3) is 0 Å². The molecule has 0 spiro atoms. The normalized spacial score (nSPS) is 68.1. The van der Waals surface area contributed by atoms with Crippen LogP contribution in [0.1, 0.15) is 241 Å². The number of hydrogen-bond donors (Lipinski definition) is 0. The van der Waals surface area contributed by atoms with Gasteiger partial charge < -0.3 is 0 Å². The van der Waals surface area contributed by atoms with Crippen LogP contribution in [-0.2, 0) is 0 Å². The maximum Gasteiger partial charge on any atom is -0.0318 e. The molecule has 0 saturated heterocycles. The minimum Gasteiger partial charge on any atom is -0.0622 e. The van der Waals surface area contributed by atoms with Crippen LogP contribution < -0.4 is 0 Å². The zero-order valence-corrected chi connectivity index (χ0v) is 53.3. The average Bonchev–Trinajstić information content (AvgIpc) is 2.81. The van der Waals surface area contributed by atoms with Crippen LogP contribution in [0.25, 0.3) is 0 Å². The van der Waals surface area contributed by atoms with Gasteiger partial charge in [-0.1, -0.05) is 60.8 Å². The van der Waals surface area contributed by atoms with Gasteiger partial charge in [0.15, 0.2) is 0 Å². The van der Waals surface area contributed by atoms with Gasteiger partial charge in [0.1, 0.15) is 0 Å². The Kier molecular flexibility index (Phi) is 12.0. The summed E-state index contributed by atoms with van der Waals surface area (Å²) < 4.78 is 0. The SMILES string of the molecule is CC1CC2CC1C1C3CC(C4C5CCC(C5)C34)C21.CC1CC2CC1C1C3CC(C4CCC43)C21.CC1CC2CC1C1C3CC(C4CCCC43)C21.CC1CC2CC1C1C3CCC(C3)C21.CC1CC2CC1C1CCCC21.CC1CC2CCC1C2. The van der Waals surface area contributed by atoms with Crippen LogP contribution in [0.15, 0.2) is 0 Å². The highest BCUT2D eigenvalue weighted by molar-refractivity contribution is 5.21. The van der Waals surface area contributed by atoms with Crippen LogP contribution in [0.3, 0.4) is 0 Å². The van der Waals surface area contributed by atoms with Gasteiger partial charge in [-0.15, -0.1) is 0 Å². The average molecular weight is 1100 g/mol. The lowest BCUT2D eigenvalue weighted by Crippen LogP contribution is -2.44. The van der Waals surface area contributed by atoms with E-state index in [2.05, 4.69) is 41.5 Å². The first kappa shape index (κ1) is 51.8. The van der Waals surface area contributed by atoms with E-state index in [9.17, 15) is 0 Å². The molecular formula is C81H124. The molecule has 25 aliphatic carbocycles. The van der Waals surface area contributed by atoms with Crippen LogP contribution in [-0.4, -0.2) is 0 Å². The summed E-state index contributed by atoms with van der Waals surface area (Å²) in [5.74, 6) is 52.2. The summed E-state index contributed by atoms with van der Waals surface area (Å²) in [6.45, 7) is 15.1. The van der Waals surface area contributed by atoms with Gasteiger partial charge >= 0.3 is 0 Å². The molecule has 0 nitrogen and oxygen atoms in total. The van der Waals surface area contributed by atoms with Crippen LogP contribution in [0.5, 0.6) is 0 Å². The summed E-state index contributed by atoms with van der Waals surface area (Å²) in [5, 5.41) is 0. The molecule has 0 radical (unpaired) electrons. The Morgan fingerprint density at radius 1 is 0.148 bits per heavy atom. The van der Waals surface area contributed by atoms with Crippen molar-refractivity contribution in [3.63, 3.8) is 0 Å². The van der Waals surface area contributed by atoms with Gasteiger partial charge in [-0.2, -0.15) is 0 Å². The lowest BCUT2D eigenvalue weighted by Gasteiger charge is -2.50. The smallest absolute Gasteiger partial charge is 0.0318 e. The zero-order valence-electron chi connectivity index (χ0n) is 53.3. The summed E-state index contributed by atoms with van der Waals surface area (Å²) in [4.78, 5) is 0. The maximum absolute atomic E-state index is 2.57. The van der Waals surface area contributed by atoms with E-state index in [1.165, 1.54) is 207 Å². The van der Waals surface area contributed by atoms with Crippen LogP contribution >= 0.6 is 0 Å². The lowest BCUT2D eigenvalue weighted by molar-refractivity contribution is -0.0142. The van der Waals surface area contributed by atoms with E-state index < -0.39 is 0 Å². The van der Waals surface area contributed by atoms with Crippen molar-refractivity contribution in [2.45, 2.75) is 241 Å². The predicted molar refractivity (Wildman–Crippen MR) is 331 cm³/mol. The largest absolute Gasteiger partial charge is 0.0622 e. The second-order valence-electron chi connectivity index (χ2n) is 39.6. The number of fused-ring (bicyclic) bond motifs is 56. The van der Waals surface area contributed by atoms with E-state index >= 15 is 0 Å². The molecule has 81 heavy (non-hydrogen) atoms. The highest BCUT2D eigenvalue weighted by Gasteiger charge is 2.73. The van der Waals surface area contributed by atoms with E-state index in [4.69, 9.17) is 0 Å². The Bertz CT molecular complexity index is 2390. The number of rotatable bonds is 0. The molecule has 0 aliphatic heterocycles. The fourth-order valence-electron chi connectivity index (χ4n) is 36.8. The third-order valence-corrected chi connectivity index (χ3v) is 38.2. The predicted octanol–water partition coefficient (Wildman–Crippen LogP) is 20.6. The summed E-state index contributed by atoms with van der Waals surface area (Å²) in [6, 6.07) is 0. The summed E-state index contributed by atoms with van der Waals surface area (Å²) in [7, 11) is 0. The van der Waals surface area contributed by atoms with Crippen molar-refractivity contribution >= 4 is 0 Å². The third kappa shape index (κ3) is 7.20. The van der Waals surface area contributed by atoms with E-state index in [1.54, 1.807) is 199 Å².